The fourth-order valence-corrected chi connectivity index (χ4v) is 7.63. The summed E-state index contributed by atoms with van der Waals surface area (Å²) in [5.74, 6) is 2.08. The fraction of sp³-hybridized carbons (Fsp3) is 0. The summed E-state index contributed by atoms with van der Waals surface area (Å²) < 4.78 is 8.49. The largest absolute Gasteiger partial charge is 0.508 e. The van der Waals surface area contributed by atoms with E-state index in [1.807, 2.05) is 78.9 Å². The minimum absolute atomic E-state index is 0.214. The molecule has 0 unspecified atom stereocenters. The Hall–Kier alpha value is -7.44. The van der Waals surface area contributed by atoms with Crippen LogP contribution in [0.2, 0.25) is 0 Å². The monoisotopic (exact) mass is 699 g/mol. The highest BCUT2D eigenvalue weighted by molar-refractivity contribution is 6.11. The average Bonchev–Trinajstić information content (AvgIpc) is 3.54. The quantitative estimate of drug-likeness (QED) is 0.181. The second-order valence-corrected chi connectivity index (χ2v) is 13.4. The van der Waals surface area contributed by atoms with Gasteiger partial charge >= 0.3 is 0 Å². The number of aromatic nitrogens is 1. The number of ether oxygens (including phenoxy) is 1. The molecule has 0 fully saturated rings. The van der Waals surface area contributed by atoms with Crippen molar-refractivity contribution in [2.24, 2.45) is 0 Å². The number of fused-ring (bicyclic) bond motifs is 5. The molecule has 0 radical (unpaired) electrons. The molecule has 8 aromatic carbocycles. The van der Waals surface area contributed by atoms with Gasteiger partial charge in [0.1, 0.15) is 11.5 Å². The topological polar surface area (TPSA) is 61.1 Å². The Kier molecular flexibility index (Phi) is 7.34. The highest BCUT2D eigenvalue weighted by Gasteiger charge is 2.25. The summed E-state index contributed by atoms with van der Waals surface area (Å²) in [6.07, 6.45) is 0. The Morgan fingerprint density at radius 2 is 0.907 bits per heavy atom. The molecule has 6 heteroatoms. The van der Waals surface area contributed by atoms with Crippen molar-refractivity contribution in [3.05, 3.63) is 188 Å². The number of nitrogens with zero attached hydrogens (tertiary/aromatic N) is 3. The molecule has 2 heterocycles. The number of benzene rings is 8. The van der Waals surface area contributed by atoms with Crippen LogP contribution in [0.1, 0.15) is 0 Å². The third-order valence-corrected chi connectivity index (χ3v) is 10.1. The summed E-state index contributed by atoms with van der Waals surface area (Å²) >= 11 is 0. The first-order valence-electron chi connectivity index (χ1n) is 17.9. The molecular formula is C48H33N3O3. The van der Waals surface area contributed by atoms with Gasteiger partial charge in [0.05, 0.1) is 22.4 Å². The van der Waals surface area contributed by atoms with Crippen LogP contribution >= 0.6 is 0 Å². The summed E-state index contributed by atoms with van der Waals surface area (Å²) in [5.41, 5.74) is 11.2. The van der Waals surface area contributed by atoms with Gasteiger partial charge in [-0.3, -0.25) is 0 Å². The number of hydrogen-bond donors (Lipinski definition) is 2. The zero-order chi connectivity index (χ0) is 36.2. The van der Waals surface area contributed by atoms with Crippen molar-refractivity contribution in [1.29, 1.82) is 0 Å². The molecular weight excluding hydrogens is 667 g/mol. The molecule has 1 aromatic heterocycles. The lowest BCUT2D eigenvalue weighted by Crippen LogP contribution is -2.16. The van der Waals surface area contributed by atoms with Crippen LogP contribution in [-0.2, 0) is 0 Å². The molecule has 258 valence electrons. The summed E-state index contributed by atoms with van der Waals surface area (Å²) in [5, 5.41) is 22.7. The summed E-state index contributed by atoms with van der Waals surface area (Å²) in [6, 6.07) is 63.0. The second-order valence-electron chi connectivity index (χ2n) is 13.4. The highest BCUT2D eigenvalue weighted by atomic mass is 16.5. The third kappa shape index (κ3) is 5.28. The lowest BCUT2D eigenvalue weighted by Gasteiger charge is -2.33. The number of phenols is 2. The maximum Gasteiger partial charge on any atom is 0.151 e. The van der Waals surface area contributed by atoms with Gasteiger partial charge in [-0.1, -0.05) is 60.7 Å². The highest BCUT2D eigenvalue weighted by Crippen LogP contribution is 2.50. The second kappa shape index (κ2) is 12.7. The maximum absolute atomic E-state index is 10.5. The minimum Gasteiger partial charge on any atom is -0.508 e. The van der Waals surface area contributed by atoms with Crippen LogP contribution in [0.3, 0.4) is 0 Å². The van der Waals surface area contributed by atoms with E-state index in [1.165, 1.54) is 0 Å². The zero-order valence-corrected chi connectivity index (χ0v) is 29.0. The van der Waals surface area contributed by atoms with Crippen molar-refractivity contribution < 1.29 is 14.9 Å². The summed E-state index contributed by atoms with van der Waals surface area (Å²) in [6.45, 7) is 0. The van der Waals surface area contributed by atoms with Crippen LogP contribution in [0.25, 0.3) is 38.6 Å². The van der Waals surface area contributed by atoms with E-state index in [9.17, 15) is 10.2 Å². The van der Waals surface area contributed by atoms with Gasteiger partial charge < -0.3 is 29.3 Å². The molecule has 0 spiro atoms. The summed E-state index contributed by atoms with van der Waals surface area (Å²) in [7, 11) is 0. The van der Waals surface area contributed by atoms with Gasteiger partial charge in [0, 0.05) is 39.2 Å². The van der Waals surface area contributed by atoms with E-state index >= 15 is 0 Å². The zero-order valence-electron chi connectivity index (χ0n) is 29.0. The van der Waals surface area contributed by atoms with Gasteiger partial charge in [-0.2, -0.15) is 0 Å². The standard InChI is InChI=1S/C48H33N3O3/c52-39-25-23-37(24-26-39)49(36-19-21-38(22-20-36)51-45-10-4-6-12-47(45)54-48-13-7-5-11-46(48)51)35-17-14-32(15-18-35)33-16-28-43-41(30-33)42-31-40(53)27-29-44(42)50(43)34-8-2-1-3-9-34/h1-31,52-53H. The van der Waals surface area contributed by atoms with E-state index in [2.05, 4.69) is 105 Å². The number of phenolic OH excluding ortho intramolecular Hbond substituents is 2. The van der Waals surface area contributed by atoms with Gasteiger partial charge in [-0.15, -0.1) is 0 Å². The SMILES string of the molecule is Oc1ccc(N(c2ccc(-c3ccc4c(c3)c3cc(O)ccc3n4-c3ccccc3)cc2)c2ccc(N3c4ccccc4Oc4ccccc43)cc2)cc1. The number of anilines is 6. The molecule has 54 heavy (non-hydrogen) atoms. The Labute approximate surface area is 312 Å². The van der Waals surface area contributed by atoms with Crippen molar-refractivity contribution in [1.82, 2.24) is 4.57 Å². The molecule has 0 atom stereocenters. The van der Waals surface area contributed by atoms with E-state index in [-0.39, 0.29) is 11.5 Å². The van der Waals surface area contributed by atoms with Crippen molar-refractivity contribution in [2.75, 3.05) is 9.80 Å². The predicted molar refractivity (Wildman–Crippen MR) is 219 cm³/mol. The summed E-state index contributed by atoms with van der Waals surface area (Å²) in [4.78, 5) is 4.42. The number of para-hydroxylation sites is 5. The molecule has 0 amide bonds. The molecule has 2 N–H and O–H groups in total. The third-order valence-electron chi connectivity index (χ3n) is 10.1. The number of rotatable bonds is 6. The van der Waals surface area contributed by atoms with Gasteiger partial charge in [-0.25, -0.2) is 0 Å². The Morgan fingerprint density at radius 3 is 1.56 bits per heavy atom. The molecule has 0 aliphatic carbocycles. The average molecular weight is 700 g/mol. The van der Waals surface area contributed by atoms with Crippen molar-refractivity contribution in [3.63, 3.8) is 0 Å². The van der Waals surface area contributed by atoms with E-state index in [0.29, 0.717) is 0 Å². The maximum atomic E-state index is 10.5. The first-order chi connectivity index (χ1) is 26.6. The Bertz CT molecular complexity index is 2770. The van der Waals surface area contributed by atoms with Gasteiger partial charge in [-0.05, 0) is 139 Å². The van der Waals surface area contributed by atoms with Crippen molar-refractivity contribution in [3.8, 4) is 39.8 Å². The van der Waals surface area contributed by atoms with Gasteiger partial charge in [0.15, 0.2) is 11.5 Å². The molecule has 1 aliphatic rings. The molecule has 6 nitrogen and oxygen atoms in total. The molecule has 0 saturated heterocycles. The normalized spacial score (nSPS) is 12.0. The Balaban J connectivity index is 1.03. The van der Waals surface area contributed by atoms with Crippen molar-refractivity contribution >= 4 is 55.9 Å². The van der Waals surface area contributed by atoms with E-state index in [4.69, 9.17) is 4.74 Å². The smallest absolute Gasteiger partial charge is 0.151 e. The van der Waals surface area contributed by atoms with Crippen LogP contribution in [0.5, 0.6) is 23.0 Å². The minimum atomic E-state index is 0.214. The van der Waals surface area contributed by atoms with Crippen LogP contribution in [-0.4, -0.2) is 14.8 Å². The lowest BCUT2D eigenvalue weighted by molar-refractivity contribution is 0.475. The van der Waals surface area contributed by atoms with Crippen molar-refractivity contribution in [2.45, 2.75) is 0 Å². The van der Waals surface area contributed by atoms with E-state index in [0.717, 1.165) is 84.2 Å². The molecule has 10 rings (SSSR count). The van der Waals surface area contributed by atoms with Crippen LogP contribution in [0.15, 0.2) is 188 Å². The predicted octanol–water partition coefficient (Wildman–Crippen LogP) is 12.9. The van der Waals surface area contributed by atoms with Crippen LogP contribution in [0, 0.1) is 0 Å². The fourth-order valence-electron chi connectivity index (χ4n) is 7.63. The molecule has 0 bridgehead atoms. The van der Waals surface area contributed by atoms with Gasteiger partial charge in [0.2, 0.25) is 0 Å². The van der Waals surface area contributed by atoms with E-state index < -0.39 is 0 Å². The van der Waals surface area contributed by atoms with E-state index in [1.54, 1.807) is 18.2 Å². The molecule has 1 aliphatic heterocycles. The molecule has 0 saturated carbocycles. The number of aromatic hydroxyl groups is 2. The lowest BCUT2D eigenvalue weighted by atomic mass is 10.0. The van der Waals surface area contributed by atoms with Crippen LogP contribution < -0.4 is 14.5 Å². The Morgan fingerprint density at radius 1 is 0.407 bits per heavy atom. The van der Waals surface area contributed by atoms with Gasteiger partial charge in [0.25, 0.3) is 0 Å². The first kappa shape index (κ1) is 31.3. The molecule has 9 aromatic rings. The first-order valence-corrected chi connectivity index (χ1v) is 17.9. The number of hydrogen-bond acceptors (Lipinski definition) is 5. The van der Waals surface area contributed by atoms with Crippen LogP contribution in [0.4, 0.5) is 34.1 Å².